The quantitative estimate of drug-likeness (QED) is 0.868. The molecule has 0 radical (unpaired) electrons. The van der Waals surface area contributed by atoms with Crippen LogP contribution in [0.5, 0.6) is 0 Å². The minimum absolute atomic E-state index is 0.241. The minimum atomic E-state index is 0.241. The van der Waals surface area contributed by atoms with Crippen molar-refractivity contribution in [2.45, 2.75) is 38.5 Å². The fourth-order valence-corrected chi connectivity index (χ4v) is 2.53. The maximum Gasteiger partial charge on any atom is 0.0950 e. The van der Waals surface area contributed by atoms with Crippen LogP contribution in [-0.2, 0) is 4.74 Å². The molecule has 0 spiro atoms. The van der Waals surface area contributed by atoms with Crippen molar-refractivity contribution in [2.75, 3.05) is 19.7 Å². The Kier molecular flexibility index (Phi) is 4.20. The average Bonchev–Trinajstić information content (AvgIpc) is 2.84. The minimum Gasteiger partial charge on any atom is -0.472 e. The number of hydrogen-bond acceptors (Lipinski definition) is 4. The maximum absolute atomic E-state index is 5.93. The van der Waals surface area contributed by atoms with Gasteiger partial charge in [-0.3, -0.25) is 4.90 Å². The SMILES string of the molecule is CCC1COC(C)CN1C(CN)c1ccoc1. The molecule has 1 aromatic heterocycles. The highest BCUT2D eigenvalue weighted by Gasteiger charge is 2.31. The van der Waals surface area contributed by atoms with Gasteiger partial charge in [-0.25, -0.2) is 0 Å². The van der Waals surface area contributed by atoms with Crippen molar-refractivity contribution in [1.29, 1.82) is 0 Å². The number of nitrogens with zero attached hydrogens (tertiary/aromatic N) is 1. The molecule has 1 aromatic rings. The van der Waals surface area contributed by atoms with E-state index in [1.807, 2.05) is 6.07 Å². The molecular formula is C13H22N2O2. The van der Waals surface area contributed by atoms with Gasteiger partial charge in [-0.15, -0.1) is 0 Å². The van der Waals surface area contributed by atoms with Crippen molar-refractivity contribution >= 4 is 0 Å². The van der Waals surface area contributed by atoms with E-state index in [0.29, 0.717) is 12.6 Å². The largest absolute Gasteiger partial charge is 0.472 e. The van der Waals surface area contributed by atoms with E-state index in [4.69, 9.17) is 14.9 Å². The van der Waals surface area contributed by atoms with E-state index in [1.54, 1.807) is 12.5 Å². The predicted molar refractivity (Wildman–Crippen MR) is 66.7 cm³/mol. The van der Waals surface area contributed by atoms with E-state index in [9.17, 15) is 0 Å². The molecule has 0 bridgehead atoms. The van der Waals surface area contributed by atoms with E-state index < -0.39 is 0 Å². The van der Waals surface area contributed by atoms with Crippen molar-refractivity contribution in [1.82, 2.24) is 4.90 Å². The van der Waals surface area contributed by atoms with E-state index in [0.717, 1.165) is 19.6 Å². The number of morpholine rings is 1. The lowest BCUT2D eigenvalue weighted by Crippen LogP contribution is -2.51. The average molecular weight is 238 g/mol. The van der Waals surface area contributed by atoms with Crippen LogP contribution in [0.25, 0.3) is 0 Å². The highest BCUT2D eigenvalue weighted by Crippen LogP contribution is 2.27. The monoisotopic (exact) mass is 238 g/mol. The van der Waals surface area contributed by atoms with Crippen LogP contribution in [0.15, 0.2) is 23.0 Å². The molecule has 1 saturated heterocycles. The molecule has 4 nitrogen and oxygen atoms in total. The Labute approximate surface area is 103 Å². The summed E-state index contributed by atoms with van der Waals surface area (Å²) in [4.78, 5) is 2.46. The zero-order chi connectivity index (χ0) is 12.3. The Morgan fingerprint density at radius 1 is 1.59 bits per heavy atom. The molecular weight excluding hydrogens is 216 g/mol. The van der Waals surface area contributed by atoms with Crippen LogP contribution in [-0.4, -0.2) is 36.7 Å². The van der Waals surface area contributed by atoms with Crippen LogP contribution < -0.4 is 5.73 Å². The van der Waals surface area contributed by atoms with E-state index in [-0.39, 0.29) is 12.1 Å². The van der Waals surface area contributed by atoms with Gasteiger partial charge in [-0.05, 0) is 19.4 Å². The Morgan fingerprint density at radius 3 is 3.00 bits per heavy atom. The number of nitrogens with two attached hydrogens (primary N) is 1. The summed E-state index contributed by atoms with van der Waals surface area (Å²) in [7, 11) is 0. The van der Waals surface area contributed by atoms with Gasteiger partial charge in [0.2, 0.25) is 0 Å². The van der Waals surface area contributed by atoms with Crippen molar-refractivity contribution in [3.63, 3.8) is 0 Å². The van der Waals surface area contributed by atoms with Gasteiger partial charge in [0.15, 0.2) is 0 Å². The molecule has 0 amide bonds. The van der Waals surface area contributed by atoms with Crippen molar-refractivity contribution in [3.05, 3.63) is 24.2 Å². The fraction of sp³-hybridized carbons (Fsp3) is 0.692. The first-order valence-electron chi connectivity index (χ1n) is 6.35. The standard InChI is InChI=1S/C13H22N2O2/c1-3-12-9-17-10(2)7-15(12)13(6-14)11-4-5-16-8-11/h4-5,8,10,12-13H,3,6-7,9,14H2,1-2H3. The first kappa shape index (κ1) is 12.6. The van der Waals surface area contributed by atoms with Crippen LogP contribution in [0, 0.1) is 0 Å². The number of ether oxygens (including phenoxy) is 1. The summed E-state index contributed by atoms with van der Waals surface area (Å²) in [5.41, 5.74) is 7.10. The summed E-state index contributed by atoms with van der Waals surface area (Å²) in [6, 6.07) is 2.70. The number of hydrogen-bond donors (Lipinski definition) is 1. The molecule has 3 atom stereocenters. The Morgan fingerprint density at radius 2 is 2.41 bits per heavy atom. The van der Waals surface area contributed by atoms with Crippen LogP contribution >= 0.6 is 0 Å². The summed E-state index contributed by atoms with van der Waals surface area (Å²) in [5, 5.41) is 0. The summed E-state index contributed by atoms with van der Waals surface area (Å²) < 4.78 is 10.9. The molecule has 2 N–H and O–H groups in total. The lowest BCUT2D eigenvalue weighted by atomic mass is 10.0. The Hall–Kier alpha value is -0.840. The van der Waals surface area contributed by atoms with Crippen LogP contribution in [0.3, 0.4) is 0 Å². The molecule has 1 aliphatic heterocycles. The molecule has 4 heteroatoms. The molecule has 17 heavy (non-hydrogen) atoms. The van der Waals surface area contributed by atoms with Crippen molar-refractivity contribution < 1.29 is 9.15 Å². The van der Waals surface area contributed by atoms with Gasteiger partial charge in [-0.1, -0.05) is 6.92 Å². The van der Waals surface area contributed by atoms with Gasteiger partial charge in [0.05, 0.1) is 31.3 Å². The zero-order valence-electron chi connectivity index (χ0n) is 10.6. The van der Waals surface area contributed by atoms with E-state index in [1.165, 1.54) is 5.56 Å². The highest BCUT2D eigenvalue weighted by atomic mass is 16.5. The lowest BCUT2D eigenvalue weighted by Gasteiger charge is -2.42. The molecule has 1 fully saturated rings. The van der Waals surface area contributed by atoms with E-state index in [2.05, 4.69) is 18.7 Å². The van der Waals surface area contributed by atoms with E-state index >= 15 is 0 Å². The Balaban J connectivity index is 2.16. The third-order valence-corrected chi connectivity index (χ3v) is 3.53. The summed E-state index contributed by atoms with van der Waals surface area (Å²) in [6.45, 7) is 6.65. The van der Waals surface area contributed by atoms with Gasteiger partial charge >= 0.3 is 0 Å². The first-order valence-corrected chi connectivity index (χ1v) is 6.35. The third kappa shape index (κ3) is 2.70. The molecule has 3 unspecified atom stereocenters. The van der Waals surface area contributed by atoms with Crippen LogP contribution in [0.2, 0.25) is 0 Å². The molecule has 0 saturated carbocycles. The molecule has 0 aromatic carbocycles. The van der Waals surface area contributed by atoms with Crippen LogP contribution in [0.1, 0.15) is 31.9 Å². The van der Waals surface area contributed by atoms with Gasteiger partial charge in [0.1, 0.15) is 0 Å². The van der Waals surface area contributed by atoms with Gasteiger partial charge in [-0.2, -0.15) is 0 Å². The molecule has 96 valence electrons. The molecule has 2 rings (SSSR count). The van der Waals surface area contributed by atoms with Gasteiger partial charge in [0.25, 0.3) is 0 Å². The number of rotatable bonds is 4. The topological polar surface area (TPSA) is 51.6 Å². The summed E-state index contributed by atoms with van der Waals surface area (Å²) >= 11 is 0. The maximum atomic E-state index is 5.93. The van der Waals surface area contributed by atoms with Crippen molar-refractivity contribution in [3.8, 4) is 0 Å². The highest BCUT2D eigenvalue weighted by molar-refractivity contribution is 5.13. The van der Waals surface area contributed by atoms with Crippen molar-refractivity contribution in [2.24, 2.45) is 5.73 Å². The van der Waals surface area contributed by atoms with Gasteiger partial charge in [0, 0.05) is 24.7 Å². The molecule has 0 aliphatic carbocycles. The summed E-state index contributed by atoms with van der Waals surface area (Å²) in [5.74, 6) is 0. The fourth-order valence-electron chi connectivity index (χ4n) is 2.53. The smallest absolute Gasteiger partial charge is 0.0950 e. The first-order chi connectivity index (χ1) is 8.26. The second-order valence-electron chi connectivity index (χ2n) is 4.71. The number of furan rings is 1. The Bertz CT molecular complexity index is 326. The summed E-state index contributed by atoms with van der Waals surface area (Å²) in [6.07, 6.45) is 4.87. The second-order valence-corrected chi connectivity index (χ2v) is 4.71. The van der Waals surface area contributed by atoms with Gasteiger partial charge < -0.3 is 14.9 Å². The second kappa shape index (κ2) is 5.67. The lowest BCUT2D eigenvalue weighted by molar-refractivity contribution is -0.0719. The molecule has 1 aliphatic rings. The van der Waals surface area contributed by atoms with Crippen LogP contribution in [0.4, 0.5) is 0 Å². The third-order valence-electron chi connectivity index (χ3n) is 3.53. The predicted octanol–water partition coefficient (Wildman–Crippen LogP) is 1.78. The zero-order valence-corrected chi connectivity index (χ0v) is 10.6. The normalized spacial score (nSPS) is 28.2. The molecule has 2 heterocycles.